The van der Waals surface area contributed by atoms with Crippen molar-refractivity contribution >= 4 is 27.5 Å². The van der Waals surface area contributed by atoms with Gasteiger partial charge in [0.25, 0.3) is 0 Å². The Bertz CT molecular complexity index is 544. The standard InChI is InChI=1S/C9H12N2O5S2/c1-16-9-6-7(2-3-8(9)11(12)13)17-4-5-18(10,14)15/h2-3,6H,4-5H2,1H3,(H2,10,14,15). The topological polar surface area (TPSA) is 113 Å². The van der Waals surface area contributed by atoms with E-state index in [4.69, 9.17) is 9.88 Å². The lowest BCUT2D eigenvalue weighted by atomic mass is 10.3. The molecule has 1 aromatic carbocycles. The Morgan fingerprint density at radius 1 is 1.50 bits per heavy atom. The first-order valence-corrected chi connectivity index (χ1v) is 7.49. The lowest BCUT2D eigenvalue weighted by molar-refractivity contribution is -0.385. The molecule has 0 aliphatic rings. The second-order valence-electron chi connectivity index (χ2n) is 3.31. The van der Waals surface area contributed by atoms with Gasteiger partial charge >= 0.3 is 5.69 Å². The summed E-state index contributed by atoms with van der Waals surface area (Å²) < 4.78 is 26.4. The molecule has 0 radical (unpaired) electrons. The number of nitrogens with zero attached hydrogens (tertiary/aromatic N) is 1. The number of nitro groups is 1. The van der Waals surface area contributed by atoms with E-state index >= 15 is 0 Å². The van der Waals surface area contributed by atoms with Crippen LogP contribution in [0.25, 0.3) is 0 Å². The van der Waals surface area contributed by atoms with E-state index in [1.807, 2.05) is 0 Å². The van der Waals surface area contributed by atoms with Crippen molar-refractivity contribution in [1.29, 1.82) is 0 Å². The average Bonchev–Trinajstić information content (AvgIpc) is 2.26. The Morgan fingerprint density at radius 3 is 2.67 bits per heavy atom. The zero-order chi connectivity index (χ0) is 13.8. The molecule has 2 N–H and O–H groups in total. The van der Waals surface area contributed by atoms with Gasteiger partial charge in [-0.05, 0) is 6.07 Å². The highest BCUT2D eigenvalue weighted by molar-refractivity contribution is 8.00. The van der Waals surface area contributed by atoms with Crippen LogP contribution in [0.3, 0.4) is 0 Å². The van der Waals surface area contributed by atoms with E-state index in [9.17, 15) is 18.5 Å². The molecule has 0 aliphatic heterocycles. The number of sulfonamides is 1. The van der Waals surface area contributed by atoms with Crippen LogP contribution < -0.4 is 9.88 Å². The molecular weight excluding hydrogens is 280 g/mol. The molecule has 7 nitrogen and oxygen atoms in total. The zero-order valence-electron chi connectivity index (χ0n) is 9.53. The molecule has 0 unspecified atom stereocenters. The van der Waals surface area contributed by atoms with Crippen LogP contribution in [0, 0.1) is 10.1 Å². The van der Waals surface area contributed by atoms with Crippen LogP contribution >= 0.6 is 11.8 Å². The maximum Gasteiger partial charge on any atom is 0.310 e. The van der Waals surface area contributed by atoms with Crippen LogP contribution in [0.1, 0.15) is 0 Å². The minimum atomic E-state index is -3.49. The minimum Gasteiger partial charge on any atom is -0.490 e. The summed E-state index contributed by atoms with van der Waals surface area (Å²) in [4.78, 5) is 10.8. The Labute approximate surface area is 109 Å². The van der Waals surface area contributed by atoms with Gasteiger partial charge in [-0.25, -0.2) is 13.6 Å². The summed E-state index contributed by atoms with van der Waals surface area (Å²) in [5.74, 6) is 0.261. The Hall–Kier alpha value is -1.32. The van der Waals surface area contributed by atoms with E-state index in [0.717, 1.165) is 0 Å². The van der Waals surface area contributed by atoms with Gasteiger partial charge in [-0.3, -0.25) is 10.1 Å². The highest BCUT2D eigenvalue weighted by Gasteiger charge is 2.15. The van der Waals surface area contributed by atoms with Crippen molar-refractivity contribution in [3.05, 3.63) is 28.3 Å². The van der Waals surface area contributed by atoms with Gasteiger partial charge in [0.1, 0.15) is 0 Å². The summed E-state index contributed by atoms with van der Waals surface area (Å²) in [6, 6.07) is 4.35. The fourth-order valence-corrected chi connectivity index (χ4v) is 3.03. The summed E-state index contributed by atoms with van der Waals surface area (Å²) in [7, 11) is -2.16. The molecule has 0 atom stereocenters. The molecular formula is C9H12N2O5S2. The summed E-state index contributed by atoms with van der Waals surface area (Å²) in [6.07, 6.45) is 0. The highest BCUT2D eigenvalue weighted by atomic mass is 32.2. The van der Waals surface area contributed by atoms with E-state index in [0.29, 0.717) is 4.90 Å². The van der Waals surface area contributed by atoms with Crippen molar-refractivity contribution in [3.8, 4) is 5.75 Å². The number of nitrogens with two attached hydrogens (primary N) is 1. The van der Waals surface area contributed by atoms with Crippen LogP contribution in [0.15, 0.2) is 23.1 Å². The van der Waals surface area contributed by atoms with Crippen molar-refractivity contribution in [2.75, 3.05) is 18.6 Å². The minimum absolute atomic E-state index is 0.131. The van der Waals surface area contributed by atoms with Crippen molar-refractivity contribution in [2.45, 2.75) is 4.90 Å². The number of rotatable bonds is 6. The number of primary sulfonamides is 1. The lowest BCUT2D eigenvalue weighted by Crippen LogP contribution is -2.17. The summed E-state index contributed by atoms with van der Waals surface area (Å²) in [5, 5.41) is 15.5. The first-order chi connectivity index (χ1) is 8.33. The quantitative estimate of drug-likeness (QED) is 0.475. The van der Waals surface area contributed by atoms with Crippen molar-refractivity contribution in [3.63, 3.8) is 0 Å². The van der Waals surface area contributed by atoms with Crippen LogP contribution in [-0.2, 0) is 10.0 Å². The van der Waals surface area contributed by atoms with E-state index in [2.05, 4.69) is 0 Å². The van der Waals surface area contributed by atoms with Gasteiger partial charge in [0, 0.05) is 22.8 Å². The molecule has 0 amide bonds. The first kappa shape index (κ1) is 14.7. The molecule has 1 aromatic rings. The number of thioether (sulfide) groups is 1. The Morgan fingerprint density at radius 2 is 2.17 bits per heavy atom. The van der Waals surface area contributed by atoms with Crippen LogP contribution in [0.5, 0.6) is 5.75 Å². The van der Waals surface area contributed by atoms with E-state index in [1.165, 1.54) is 37.1 Å². The van der Waals surface area contributed by atoms with Gasteiger partial charge in [-0.2, -0.15) is 0 Å². The molecule has 1 rings (SSSR count). The van der Waals surface area contributed by atoms with Gasteiger partial charge < -0.3 is 4.74 Å². The molecule has 0 bridgehead atoms. The summed E-state index contributed by atoms with van der Waals surface area (Å²) in [6.45, 7) is 0. The SMILES string of the molecule is COc1cc(SCCS(N)(=O)=O)ccc1[N+](=O)[O-]. The van der Waals surface area contributed by atoms with Crippen molar-refractivity contribution < 1.29 is 18.1 Å². The van der Waals surface area contributed by atoms with Gasteiger partial charge in [0.2, 0.25) is 10.0 Å². The van der Waals surface area contributed by atoms with Crippen LogP contribution in [0.2, 0.25) is 0 Å². The average molecular weight is 292 g/mol. The number of hydrogen-bond donors (Lipinski definition) is 1. The maximum absolute atomic E-state index is 10.7. The molecule has 100 valence electrons. The fraction of sp³-hybridized carbons (Fsp3) is 0.333. The molecule has 9 heteroatoms. The number of nitro benzene ring substituents is 1. The lowest BCUT2D eigenvalue weighted by Gasteiger charge is -2.04. The van der Waals surface area contributed by atoms with Crippen LogP contribution in [-0.4, -0.2) is 32.0 Å². The third-order valence-electron chi connectivity index (χ3n) is 1.98. The van der Waals surface area contributed by atoms with E-state index < -0.39 is 14.9 Å². The van der Waals surface area contributed by atoms with Gasteiger partial charge in [-0.1, -0.05) is 0 Å². The molecule has 0 aliphatic carbocycles. The predicted octanol–water partition coefficient (Wildman–Crippen LogP) is 0.984. The molecule has 0 heterocycles. The highest BCUT2D eigenvalue weighted by Crippen LogP contribution is 2.31. The molecule has 0 saturated carbocycles. The Kier molecular flexibility index (Phi) is 4.93. The fourth-order valence-electron chi connectivity index (χ4n) is 1.17. The second-order valence-corrected chi connectivity index (χ2v) is 6.21. The molecule has 0 fully saturated rings. The summed E-state index contributed by atoms with van der Waals surface area (Å²) >= 11 is 1.24. The van der Waals surface area contributed by atoms with Crippen LogP contribution in [0.4, 0.5) is 5.69 Å². The Balaban J connectivity index is 2.77. The predicted molar refractivity (Wildman–Crippen MR) is 68.3 cm³/mol. The van der Waals surface area contributed by atoms with Gasteiger partial charge in [-0.15, -0.1) is 11.8 Å². The molecule has 0 spiro atoms. The van der Waals surface area contributed by atoms with Crippen molar-refractivity contribution in [2.24, 2.45) is 5.14 Å². The normalized spacial score (nSPS) is 11.2. The third-order valence-corrected chi connectivity index (χ3v) is 4.01. The smallest absolute Gasteiger partial charge is 0.310 e. The number of benzene rings is 1. The number of ether oxygens (including phenoxy) is 1. The largest absolute Gasteiger partial charge is 0.490 e. The first-order valence-electron chi connectivity index (χ1n) is 4.79. The monoisotopic (exact) mass is 292 g/mol. The molecule has 0 aromatic heterocycles. The van der Waals surface area contributed by atoms with Gasteiger partial charge in [0.05, 0.1) is 17.8 Å². The second kappa shape index (κ2) is 6.03. The number of methoxy groups -OCH3 is 1. The number of hydrogen-bond acceptors (Lipinski definition) is 6. The maximum atomic E-state index is 10.7. The van der Waals surface area contributed by atoms with Crippen molar-refractivity contribution in [1.82, 2.24) is 0 Å². The molecule has 18 heavy (non-hydrogen) atoms. The zero-order valence-corrected chi connectivity index (χ0v) is 11.2. The third kappa shape index (κ3) is 4.51. The van der Waals surface area contributed by atoms with E-state index in [-0.39, 0.29) is 22.9 Å². The summed E-state index contributed by atoms with van der Waals surface area (Å²) in [5.41, 5.74) is -0.131. The molecule has 0 saturated heterocycles. The van der Waals surface area contributed by atoms with E-state index in [1.54, 1.807) is 0 Å². The van der Waals surface area contributed by atoms with Gasteiger partial charge in [0.15, 0.2) is 5.75 Å².